The normalized spacial score (nSPS) is 24.0. The van der Waals surface area contributed by atoms with Crippen LogP contribution in [0.3, 0.4) is 0 Å². The van der Waals surface area contributed by atoms with Gasteiger partial charge in [0.1, 0.15) is 5.54 Å². The van der Waals surface area contributed by atoms with Crippen molar-refractivity contribution < 1.29 is 14.3 Å². The van der Waals surface area contributed by atoms with Crippen LogP contribution in [0, 0.1) is 0 Å². The lowest BCUT2D eigenvalue weighted by atomic mass is 9.85. The fourth-order valence-corrected chi connectivity index (χ4v) is 2.00. The van der Waals surface area contributed by atoms with Gasteiger partial charge < -0.3 is 10.1 Å². The average molecular weight is 246 g/mol. The smallest absolute Gasteiger partial charge is 0.331 e. The number of methoxy groups -OCH3 is 1. The fourth-order valence-electron chi connectivity index (χ4n) is 1.81. The van der Waals surface area contributed by atoms with Gasteiger partial charge in [0.15, 0.2) is 5.78 Å². The van der Waals surface area contributed by atoms with E-state index in [2.05, 4.69) is 5.32 Å². The minimum atomic E-state index is -0.896. The van der Waals surface area contributed by atoms with E-state index in [-0.39, 0.29) is 18.2 Å². The summed E-state index contributed by atoms with van der Waals surface area (Å²) in [5, 5.41) is 2.95. The highest BCUT2D eigenvalue weighted by Gasteiger charge is 2.41. The van der Waals surface area contributed by atoms with Crippen LogP contribution >= 0.6 is 11.6 Å². The van der Waals surface area contributed by atoms with Crippen molar-refractivity contribution in [2.24, 2.45) is 0 Å². The SMILES string of the molecule is COC(=O)C1(CCCCCl)CC(=O)C=CN1. The number of alkyl halides is 1. The number of ether oxygens (including phenoxy) is 1. The molecule has 1 aliphatic heterocycles. The van der Waals surface area contributed by atoms with Crippen LogP contribution in [0.15, 0.2) is 12.3 Å². The third-order valence-corrected chi connectivity index (χ3v) is 2.94. The molecular formula is C11H16ClNO3. The molecule has 1 unspecified atom stereocenters. The first kappa shape index (κ1) is 13.0. The molecule has 1 N–H and O–H groups in total. The Morgan fingerprint density at radius 3 is 2.94 bits per heavy atom. The summed E-state index contributed by atoms with van der Waals surface area (Å²) in [4.78, 5) is 23.1. The van der Waals surface area contributed by atoms with Crippen molar-refractivity contribution in [2.75, 3.05) is 13.0 Å². The van der Waals surface area contributed by atoms with E-state index < -0.39 is 5.54 Å². The van der Waals surface area contributed by atoms with Gasteiger partial charge in [-0.1, -0.05) is 0 Å². The molecule has 0 spiro atoms. The Hall–Kier alpha value is -1.03. The van der Waals surface area contributed by atoms with Gasteiger partial charge in [-0.2, -0.15) is 0 Å². The summed E-state index contributed by atoms with van der Waals surface area (Å²) < 4.78 is 4.75. The van der Waals surface area contributed by atoms with Crippen LogP contribution in [0.5, 0.6) is 0 Å². The van der Waals surface area contributed by atoms with E-state index in [0.717, 1.165) is 12.8 Å². The summed E-state index contributed by atoms with van der Waals surface area (Å²) in [5.74, 6) is 0.107. The molecule has 1 heterocycles. The Bertz CT molecular complexity index is 304. The van der Waals surface area contributed by atoms with E-state index in [1.54, 1.807) is 0 Å². The van der Waals surface area contributed by atoms with Crippen LogP contribution in [-0.2, 0) is 14.3 Å². The van der Waals surface area contributed by atoms with Gasteiger partial charge in [0.2, 0.25) is 0 Å². The first-order chi connectivity index (χ1) is 7.64. The molecule has 0 aliphatic carbocycles. The molecule has 1 aliphatic rings. The Morgan fingerprint density at radius 1 is 1.62 bits per heavy atom. The predicted molar refractivity (Wildman–Crippen MR) is 61.2 cm³/mol. The summed E-state index contributed by atoms with van der Waals surface area (Å²) in [6.07, 6.45) is 5.26. The molecule has 0 amide bonds. The van der Waals surface area contributed by atoms with Gasteiger partial charge in [-0.05, 0) is 25.3 Å². The summed E-state index contributed by atoms with van der Waals surface area (Å²) in [6, 6.07) is 0. The minimum Gasteiger partial charge on any atom is -0.467 e. The second kappa shape index (κ2) is 5.89. The van der Waals surface area contributed by atoms with Crippen molar-refractivity contribution in [1.29, 1.82) is 0 Å². The second-order valence-corrected chi connectivity index (χ2v) is 4.22. The molecule has 1 atom stereocenters. The van der Waals surface area contributed by atoms with Gasteiger partial charge in [0.05, 0.1) is 7.11 Å². The molecule has 4 nitrogen and oxygen atoms in total. The molecule has 1 rings (SSSR count). The van der Waals surface area contributed by atoms with Crippen LogP contribution in [0.25, 0.3) is 0 Å². The van der Waals surface area contributed by atoms with Gasteiger partial charge in [-0.15, -0.1) is 11.6 Å². The molecule has 0 bridgehead atoms. The first-order valence-electron chi connectivity index (χ1n) is 5.26. The highest BCUT2D eigenvalue weighted by atomic mass is 35.5. The van der Waals surface area contributed by atoms with Crippen molar-refractivity contribution in [3.63, 3.8) is 0 Å². The monoisotopic (exact) mass is 245 g/mol. The maximum absolute atomic E-state index is 11.7. The molecule has 0 aromatic rings. The number of nitrogens with one attached hydrogen (secondary N) is 1. The predicted octanol–water partition coefficient (Wildman–Crippen LogP) is 1.38. The Balaban J connectivity index is 2.72. The molecule has 90 valence electrons. The summed E-state index contributed by atoms with van der Waals surface area (Å²) >= 11 is 5.59. The molecule has 0 saturated heterocycles. The number of rotatable bonds is 5. The number of halogens is 1. The van der Waals surface area contributed by atoms with Crippen molar-refractivity contribution in [3.8, 4) is 0 Å². The lowest BCUT2D eigenvalue weighted by molar-refractivity contribution is -0.150. The van der Waals surface area contributed by atoms with E-state index in [4.69, 9.17) is 16.3 Å². The molecular weight excluding hydrogens is 230 g/mol. The van der Waals surface area contributed by atoms with Gasteiger partial charge in [-0.3, -0.25) is 4.79 Å². The lowest BCUT2D eigenvalue weighted by Crippen LogP contribution is -2.53. The lowest BCUT2D eigenvalue weighted by Gasteiger charge is -2.32. The number of hydrogen-bond acceptors (Lipinski definition) is 4. The highest BCUT2D eigenvalue weighted by Crippen LogP contribution is 2.24. The van der Waals surface area contributed by atoms with Crippen LogP contribution in [-0.4, -0.2) is 30.3 Å². The summed E-state index contributed by atoms with van der Waals surface area (Å²) in [6.45, 7) is 0. The van der Waals surface area contributed by atoms with Crippen molar-refractivity contribution in [3.05, 3.63) is 12.3 Å². The fraction of sp³-hybridized carbons (Fsp3) is 0.636. The van der Waals surface area contributed by atoms with Crippen LogP contribution < -0.4 is 5.32 Å². The van der Waals surface area contributed by atoms with Crippen molar-refractivity contribution >= 4 is 23.4 Å². The number of unbranched alkanes of at least 4 members (excludes halogenated alkanes) is 1. The zero-order valence-electron chi connectivity index (χ0n) is 9.29. The maximum Gasteiger partial charge on any atom is 0.331 e. The largest absolute Gasteiger partial charge is 0.467 e. The van der Waals surface area contributed by atoms with E-state index >= 15 is 0 Å². The quantitative estimate of drug-likeness (QED) is 0.452. The summed E-state index contributed by atoms with van der Waals surface area (Å²) in [5.41, 5.74) is -0.896. The molecule has 16 heavy (non-hydrogen) atoms. The third kappa shape index (κ3) is 2.98. The van der Waals surface area contributed by atoms with E-state index in [1.807, 2.05) is 0 Å². The standard InChI is InChI=1S/C11H16ClNO3/c1-16-10(15)11(5-2-3-6-12)8-9(14)4-7-13-11/h4,7,13H,2-3,5-6,8H2,1H3. The van der Waals surface area contributed by atoms with Crippen LogP contribution in [0.1, 0.15) is 25.7 Å². The zero-order valence-corrected chi connectivity index (χ0v) is 10.0. The maximum atomic E-state index is 11.7. The van der Waals surface area contributed by atoms with Crippen molar-refractivity contribution in [2.45, 2.75) is 31.2 Å². The number of carbonyl (C=O) groups excluding carboxylic acids is 2. The molecule has 0 fully saturated rings. The average Bonchev–Trinajstić information content (AvgIpc) is 2.28. The van der Waals surface area contributed by atoms with Crippen LogP contribution in [0.2, 0.25) is 0 Å². The molecule has 0 aromatic heterocycles. The molecule has 0 saturated carbocycles. The zero-order chi connectivity index (χ0) is 12.0. The van der Waals surface area contributed by atoms with Crippen LogP contribution in [0.4, 0.5) is 0 Å². The Morgan fingerprint density at radius 2 is 2.38 bits per heavy atom. The Kier molecular flexibility index (Phi) is 4.80. The number of esters is 1. The molecule has 5 heteroatoms. The number of hydrogen-bond donors (Lipinski definition) is 1. The van der Waals surface area contributed by atoms with Gasteiger partial charge in [0.25, 0.3) is 0 Å². The van der Waals surface area contributed by atoms with Gasteiger partial charge in [0, 0.05) is 18.5 Å². The van der Waals surface area contributed by atoms with E-state index in [1.165, 1.54) is 19.4 Å². The first-order valence-corrected chi connectivity index (χ1v) is 5.79. The number of ketones is 1. The number of carbonyl (C=O) groups is 2. The van der Waals surface area contributed by atoms with Gasteiger partial charge in [-0.25, -0.2) is 4.79 Å². The third-order valence-electron chi connectivity index (χ3n) is 2.67. The number of allylic oxidation sites excluding steroid dienone is 1. The van der Waals surface area contributed by atoms with E-state index in [0.29, 0.717) is 12.3 Å². The highest BCUT2D eigenvalue weighted by molar-refractivity contribution is 6.17. The molecule has 0 radical (unpaired) electrons. The molecule has 0 aromatic carbocycles. The second-order valence-electron chi connectivity index (χ2n) is 3.84. The Labute approximate surface area is 100.0 Å². The van der Waals surface area contributed by atoms with E-state index in [9.17, 15) is 9.59 Å². The van der Waals surface area contributed by atoms with Crippen molar-refractivity contribution in [1.82, 2.24) is 5.32 Å². The summed E-state index contributed by atoms with van der Waals surface area (Å²) in [7, 11) is 1.33. The van der Waals surface area contributed by atoms with Gasteiger partial charge >= 0.3 is 5.97 Å². The topological polar surface area (TPSA) is 55.4 Å². The minimum absolute atomic E-state index is 0.0602.